The van der Waals surface area contributed by atoms with Gasteiger partial charge >= 0.3 is 5.97 Å². The van der Waals surface area contributed by atoms with Crippen molar-refractivity contribution in [3.63, 3.8) is 0 Å². The molecule has 0 fully saturated rings. The fraction of sp³-hybridized carbons (Fsp3) is 0.154. The van der Waals surface area contributed by atoms with E-state index in [9.17, 15) is 29.6 Å². The van der Waals surface area contributed by atoms with Crippen LogP contribution in [-0.2, 0) is 11.8 Å². The molecule has 0 aliphatic heterocycles. The fourth-order valence-corrected chi connectivity index (χ4v) is 2.08. The van der Waals surface area contributed by atoms with Gasteiger partial charge in [-0.25, -0.2) is 0 Å². The molecule has 0 saturated heterocycles. The quantitative estimate of drug-likeness (QED) is 0.528. The van der Waals surface area contributed by atoms with Crippen molar-refractivity contribution in [2.45, 2.75) is 0 Å². The molecule has 0 unspecified atom stereocenters. The molecular weight excluding hydrogens is 310 g/mol. The van der Waals surface area contributed by atoms with Crippen molar-refractivity contribution >= 4 is 28.5 Å². The number of aromatic hydroxyl groups is 1. The summed E-state index contributed by atoms with van der Waals surface area (Å²) in [6.07, 6.45) is 0. The van der Waals surface area contributed by atoms with Gasteiger partial charge in [-0.2, -0.15) is 0 Å². The maximum absolute atomic E-state index is 12.2. The Morgan fingerprint density at radius 3 is 2.61 bits per heavy atom. The minimum Gasteiger partial charge on any atom is -0.506 e. The first-order chi connectivity index (χ1) is 10.7. The molecule has 10 nitrogen and oxygen atoms in total. The van der Waals surface area contributed by atoms with Crippen molar-refractivity contribution in [1.29, 1.82) is 0 Å². The van der Waals surface area contributed by atoms with E-state index in [-0.39, 0.29) is 16.6 Å². The molecule has 0 atom stereocenters. The lowest BCUT2D eigenvalue weighted by atomic mass is 10.1. The molecule has 10 heteroatoms. The van der Waals surface area contributed by atoms with Gasteiger partial charge < -0.3 is 20.1 Å². The van der Waals surface area contributed by atoms with Crippen LogP contribution in [0.5, 0.6) is 5.75 Å². The third kappa shape index (κ3) is 2.81. The number of non-ortho nitro benzene ring substituents is 1. The van der Waals surface area contributed by atoms with E-state index in [4.69, 9.17) is 5.11 Å². The Bertz CT molecular complexity index is 901. The smallest absolute Gasteiger partial charge is 0.322 e. The Morgan fingerprint density at radius 2 is 2.04 bits per heavy atom. The second-order valence-electron chi connectivity index (χ2n) is 4.62. The highest BCUT2D eigenvalue weighted by Gasteiger charge is 2.22. The summed E-state index contributed by atoms with van der Waals surface area (Å²) in [6.45, 7) is -0.742. The van der Waals surface area contributed by atoms with Gasteiger partial charge in [0, 0.05) is 24.6 Å². The number of carbonyl (C=O) groups excluding carboxylic acids is 1. The number of carboxylic acid groups (broad SMARTS) is 1. The molecule has 2 rings (SSSR count). The Morgan fingerprint density at radius 1 is 1.39 bits per heavy atom. The predicted octanol–water partition coefficient (Wildman–Crippen LogP) is -0.0333. The van der Waals surface area contributed by atoms with Crippen LogP contribution < -0.4 is 10.9 Å². The van der Waals surface area contributed by atoms with Gasteiger partial charge in [0.15, 0.2) is 0 Å². The molecule has 1 amide bonds. The number of nitro benzene ring substituents is 1. The number of hydrogen-bond acceptors (Lipinski definition) is 6. The molecule has 0 aliphatic rings. The minimum atomic E-state index is -1.33. The fourth-order valence-electron chi connectivity index (χ4n) is 2.08. The zero-order chi connectivity index (χ0) is 17.3. The van der Waals surface area contributed by atoms with Crippen LogP contribution in [0.1, 0.15) is 10.4 Å². The highest BCUT2D eigenvalue weighted by Crippen LogP contribution is 2.29. The van der Waals surface area contributed by atoms with Crippen LogP contribution in [0.25, 0.3) is 10.9 Å². The number of fused-ring (bicyclic) bond motifs is 1. The first-order valence-corrected chi connectivity index (χ1v) is 6.24. The lowest BCUT2D eigenvalue weighted by Gasteiger charge is -2.11. The molecule has 1 aromatic heterocycles. The van der Waals surface area contributed by atoms with Crippen molar-refractivity contribution in [1.82, 2.24) is 9.88 Å². The number of nitrogens with zero attached hydrogens (tertiary/aromatic N) is 2. The summed E-state index contributed by atoms with van der Waals surface area (Å²) in [6, 6.07) is 3.46. The van der Waals surface area contributed by atoms with E-state index < -0.39 is 40.2 Å². The molecule has 2 aromatic rings. The van der Waals surface area contributed by atoms with Crippen LogP contribution in [0.2, 0.25) is 0 Å². The number of amides is 1. The Hall–Kier alpha value is -3.43. The van der Waals surface area contributed by atoms with E-state index in [2.05, 4.69) is 0 Å². The average molecular weight is 321 g/mol. The largest absolute Gasteiger partial charge is 0.506 e. The van der Waals surface area contributed by atoms with Crippen molar-refractivity contribution < 1.29 is 24.7 Å². The van der Waals surface area contributed by atoms with Crippen LogP contribution in [0.3, 0.4) is 0 Å². The molecule has 120 valence electrons. The van der Waals surface area contributed by atoms with Gasteiger partial charge in [0.2, 0.25) is 0 Å². The van der Waals surface area contributed by atoms with Crippen molar-refractivity contribution in [3.05, 3.63) is 44.2 Å². The molecule has 0 radical (unpaired) electrons. The Labute approximate surface area is 127 Å². The number of benzene rings is 1. The van der Waals surface area contributed by atoms with E-state index in [0.717, 1.165) is 16.7 Å². The summed E-state index contributed by atoms with van der Waals surface area (Å²) in [5.74, 6) is -3.15. The molecule has 1 heterocycles. The molecule has 3 N–H and O–H groups in total. The number of hydrogen-bond donors (Lipinski definition) is 3. The van der Waals surface area contributed by atoms with Crippen LogP contribution in [-0.4, -0.2) is 38.1 Å². The number of carboxylic acids is 1. The monoisotopic (exact) mass is 321 g/mol. The number of rotatable bonds is 4. The Kier molecular flexibility index (Phi) is 3.99. The van der Waals surface area contributed by atoms with Crippen LogP contribution >= 0.6 is 0 Å². The van der Waals surface area contributed by atoms with E-state index >= 15 is 0 Å². The molecule has 0 aliphatic carbocycles. The maximum atomic E-state index is 12.2. The number of aliphatic carboxylic acids is 1. The van der Waals surface area contributed by atoms with Gasteiger partial charge in [-0.15, -0.1) is 0 Å². The zero-order valence-electron chi connectivity index (χ0n) is 11.8. The van der Waals surface area contributed by atoms with Crippen molar-refractivity contribution in [2.24, 2.45) is 7.05 Å². The standard InChI is InChI=1S/C13H11N3O7/c1-15-8-3-2-6(16(22)23)4-7(8)11(19)10(13(15)21)12(20)14-5-9(17)18/h2-4,19H,5H2,1H3,(H,14,20)(H,17,18). The average Bonchev–Trinajstić information content (AvgIpc) is 2.50. The van der Waals surface area contributed by atoms with E-state index in [1.54, 1.807) is 0 Å². The number of aromatic nitrogens is 1. The van der Waals surface area contributed by atoms with Gasteiger partial charge in [-0.1, -0.05) is 0 Å². The number of pyridine rings is 1. The summed E-state index contributed by atoms with van der Waals surface area (Å²) in [5.41, 5.74) is -1.68. The molecule has 0 bridgehead atoms. The number of carbonyl (C=O) groups is 2. The van der Waals surface area contributed by atoms with Gasteiger partial charge in [0.25, 0.3) is 17.2 Å². The van der Waals surface area contributed by atoms with Gasteiger partial charge in [0.1, 0.15) is 17.9 Å². The summed E-state index contributed by atoms with van der Waals surface area (Å²) in [4.78, 5) is 44.7. The number of aryl methyl sites for hydroxylation is 1. The molecule has 0 spiro atoms. The Balaban J connectivity index is 2.70. The third-order valence-electron chi connectivity index (χ3n) is 3.19. The predicted molar refractivity (Wildman–Crippen MR) is 77.5 cm³/mol. The first-order valence-electron chi connectivity index (χ1n) is 6.24. The van der Waals surface area contributed by atoms with Gasteiger partial charge in [0.05, 0.1) is 10.4 Å². The third-order valence-corrected chi connectivity index (χ3v) is 3.19. The minimum absolute atomic E-state index is 0.0678. The van der Waals surface area contributed by atoms with Gasteiger partial charge in [-0.3, -0.25) is 24.5 Å². The zero-order valence-corrected chi connectivity index (χ0v) is 11.8. The molecule has 0 saturated carbocycles. The van der Waals surface area contributed by atoms with Crippen LogP contribution in [0.15, 0.2) is 23.0 Å². The summed E-state index contributed by atoms with van der Waals surface area (Å²) < 4.78 is 1.04. The van der Waals surface area contributed by atoms with Crippen molar-refractivity contribution in [2.75, 3.05) is 6.54 Å². The second kappa shape index (κ2) is 5.75. The highest BCUT2D eigenvalue weighted by atomic mass is 16.6. The lowest BCUT2D eigenvalue weighted by Crippen LogP contribution is -2.35. The molecule has 1 aromatic carbocycles. The first kappa shape index (κ1) is 15.9. The molecular formula is C13H11N3O7. The molecule has 23 heavy (non-hydrogen) atoms. The maximum Gasteiger partial charge on any atom is 0.322 e. The number of nitro groups is 1. The second-order valence-corrected chi connectivity index (χ2v) is 4.62. The van der Waals surface area contributed by atoms with E-state index in [1.165, 1.54) is 13.1 Å². The number of nitrogens with one attached hydrogen (secondary N) is 1. The van der Waals surface area contributed by atoms with E-state index in [1.807, 2.05) is 5.32 Å². The normalized spacial score (nSPS) is 10.5. The summed E-state index contributed by atoms with van der Waals surface area (Å²) in [7, 11) is 1.32. The summed E-state index contributed by atoms with van der Waals surface area (Å²) >= 11 is 0. The topological polar surface area (TPSA) is 152 Å². The lowest BCUT2D eigenvalue weighted by molar-refractivity contribution is -0.384. The summed E-state index contributed by atoms with van der Waals surface area (Å²) in [5, 5.41) is 31.4. The van der Waals surface area contributed by atoms with Crippen molar-refractivity contribution in [3.8, 4) is 5.75 Å². The van der Waals surface area contributed by atoms with E-state index in [0.29, 0.717) is 0 Å². The highest BCUT2D eigenvalue weighted by molar-refractivity contribution is 6.03. The van der Waals surface area contributed by atoms with Crippen LogP contribution in [0.4, 0.5) is 5.69 Å². The SMILES string of the molecule is Cn1c(=O)c(C(=O)NCC(=O)O)c(O)c2cc([N+](=O)[O-])ccc21. The van der Waals surface area contributed by atoms with Crippen LogP contribution in [0, 0.1) is 10.1 Å². The van der Waals surface area contributed by atoms with Gasteiger partial charge in [-0.05, 0) is 6.07 Å².